The highest BCUT2D eigenvalue weighted by Crippen LogP contribution is 2.30. The van der Waals surface area contributed by atoms with Crippen molar-refractivity contribution in [2.75, 3.05) is 0 Å². The number of halogens is 2. The molecule has 4 rings (SSSR count). The van der Waals surface area contributed by atoms with Crippen LogP contribution in [0.4, 0.5) is 8.78 Å². The zero-order valence-electron chi connectivity index (χ0n) is 17.0. The van der Waals surface area contributed by atoms with E-state index in [1.807, 2.05) is 0 Å². The summed E-state index contributed by atoms with van der Waals surface area (Å²) in [6.07, 6.45) is 0.370. The minimum Gasteiger partial charge on any atom is -0.480 e. The number of rotatable bonds is 6. The van der Waals surface area contributed by atoms with Crippen LogP contribution in [0.5, 0.6) is 0 Å². The van der Waals surface area contributed by atoms with E-state index in [0.717, 1.165) is 23.3 Å². The minimum absolute atomic E-state index is 0.00490. The number of fused-ring (bicyclic) bond motifs is 1. The van der Waals surface area contributed by atoms with E-state index in [0.29, 0.717) is 23.0 Å². The van der Waals surface area contributed by atoms with Crippen molar-refractivity contribution in [3.05, 3.63) is 95.2 Å². The highest BCUT2D eigenvalue weighted by molar-refractivity contribution is 7.91. The summed E-state index contributed by atoms with van der Waals surface area (Å²) in [6.45, 7) is 1.53. The summed E-state index contributed by atoms with van der Waals surface area (Å²) in [5.74, 6) is -1.95. The number of nitrogens with zero attached hydrogens (tertiary/aromatic N) is 1. The summed E-state index contributed by atoms with van der Waals surface area (Å²) < 4.78 is 54.2. The predicted octanol–water partition coefficient (Wildman–Crippen LogP) is 4.74. The van der Waals surface area contributed by atoms with Crippen LogP contribution in [0.1, 0.15) is 16.8 Å². The van der Waals surface area contributed by atoms with Crippen molar-refractivity contribution in [1.82, 2.24) is 4.57 Å². The first-order chi connectivity index (χ1) is 15.2. The molecule has 0 saturated heterocycles. The molecule has 0 aliphatic heterocycles. The summed E-state index contributed by atoms with van der Waals surface area (Å²) in [6, 6.07) is 15.1. The standard InChI is InChI=1S/C24H19F2NO4S/c1-15-21(22-13-18(26)6-11-23(22)27(15)14-24(28)29)12-16-2-7-19(8-3-16)32(30,31)20-9-4-17(25)5-10-20/h2-11,13H,12,14H2,1H3,(H,28,29). The summed E-state index contributed by atoms with van der Waals surface area (Å²) >= 11 is 0. The van der Waals surface area contributed by atoms with E-state index < -0.39 is 27.4 Å². The Labute approximate surface area is 183 Å². The van der Waals surface area contributed by atoms with Crippen molar-refractivity contribution < 1.29 is 27.1 Å². The molecular formula is C24H19F2NO4S. The van der Waals surface area contributed by atoms with E-state index >= 15 is 0 Å². The van der Waals surface area contributed by atoms with Crippen molar-refractivity contribution in [1.29, 1.82) is 0 Å². The molecule has 4 aromatic rings. The molecule has 164 valence electrons. The third-order valence-corrected chi connectivity index (χ3v) is 7.23. The Balaban J connectivity index is 1.70. The molecule has 1 aromatic heterocycles. The van der Waals surface area contributed by atoms with Crippen LogP contribution in [0.2, 0.25) is 0 Å². The molecule has 3 aromatic carbocycles. The van der Waals surface area contributed by atoms with Crippen LogP contribution in [0, 0.1) is 18.6 Å². The number of hydrogen-bond acceptors (Lipinski definition) is 3. The summed E-state index contributed by atoms with van der Waals surface area (Å²) in [5, 5.41) is 9.87. The average molecular weight is 455 g/mol. The number of aromatic nitrogens is 1. The zero-order valence-corrected chi connectivity index (χ0v) is 17.9. The van der Waals surface area contributed by atoms with E-state index in [9.17, 15) is 27.1 Å². The first-order valence-electron chi connectivity index (χ1n) is 9.75. The van der Waals surface area contributed by atoms with Gasteiger partial charge in [-0.3, -0.25) is 4.79 Å². The van der Waals surface area contributed by atoms with Crippen LogP contribution in [-0.4, -0.2) is 24.1 Å². The van der Waals surface area contributed by atoms with Crippen LogP contribution >= 0.6 is 0 Å². The number of carboxylic acid groups (broad SMARTS) is 1. The van der Waals surface area contributed by atoms with Crippen LogP contribution < -0.4 is 0 Å². The maximum absolute atomic E-state index is 13.9. The molecule has 0 aliphatic rings. The largest absolute Gasteiger partial charge is 0.480 e. The third-order valence-electron chi connectivity index (χ3n) is 5.45. The van der Waals surface area contributed by atoms with Crippen molar-refractivity contribution >= 4 is 26.7 Å². The monoisotopic (exact) mass is 455 g/mol. The molecule has 0 unspecified atom stereocenters. The topological polar surface area (TPSA) is 76.4 Å². The molecule has 0 aliphatic carbocycles. The van der Waals surface area contributed by atoms with Gasteiger partial charge >= 0.3 is 5.97 Å². The number of sulfone groups is 1. The highest BCUT2D eigenvalue weighted by atomic mass is 32.2. The van der Waals surface area contributed by atoms with Gasteiger partial charge in [0.25, 0.3) is 0 Å². The van der Waals surface area contributed by atoms with E-state index in [1.54, 1.807) is 29.7 Å². The second-order valence-electron chi connectivity index (χ2n) is 7.48. The lowest BCUT2D eigenvalue weighted by molar-refractivity contribution is -0.137. The number of aliphatic carboxylic acids is 1. The Hall–Kier alpha value is -3.52. The lowest BCUT2D eigenvalue weighted by Crippen LogP contribution is -2.10. The third kappa shape index (κ3) is 4.01. The minimum atomic E-state index is -3.79. The van der Waals surface area contributed by atoms with Gasteiger partial charge in [0.15, 0.2) is 0 Å². The molecule has 0 atom stereocenters. The molecule has 0 bridgehead atoms. The van der Waals surface area contributed by atoms with Crippen LogP contribution in [-0.2, 0) is 27.6 Å². The van der Waals surface area contributed by atoms with Crippen molar-refractivity contribution in [3.8, 4) is 0 Å². The second-order valence-corrected chi connectivity index (χ2v) is 9.43. The van der Waals surface area contributed by atoms with Gasteiger partial charge in [-0.15, -0.1) is 0 Å². The zero-order chi connectivity index (χ0) is 23.0. The van der Waals surface area contributed by atoms with E-state index in [1.165, 1.54) is 36.4 Å². The first-order valence-corrected chi connectivity index (χ1v) is 11.2. The normalized spacial score (nSPS) is 11.7. The van der Waals surface area contributed by atoms with Gasteiger partial charge in [-0.2, -0.15) is 0 Å². The van der Waals surface area contributed by atoms with Gasteiger partial charge in [-0.25, -0.2) is 17.2 Å². The van der Waals surface area contributed by atoms with Gasteiger partial charge in [-0.1, -0.05) is 12.1 Å². The Morgan fingerprint density at radius 3 is 2.06 bits per heavy atom. The highest BCUT2D eigenvalue weighted by Gasteiger charge is 2.19. The molecule has 5 nitrogen and oxygen atoms in total. The Bertz CT molecular complexity index is 1420. The Morgan fingerprint density at radius 1 is 0.906 bits per heavy atom. The predicted molar refractivity (Wildman–Crippen MR) is 115 cm³/mol. The van der Waals surface area contributed by atoms with Crippen LogP contribution in [0.15, 0.2) is 76.5 Å². The number of carbonyl (C=O) groups is 1. The summed E-state index contributed by atoms with van der Waals surface area (Å²) in [7, 11) is -3.79. The van der Waals surface area contributed by atoms with E-state index in [-0.39, 0.29) is 16.3 Å². The van der Waals surface area contributed by atoms with E-state index in [2.05, 4.69) is 0 Å². The fraction of sp³-hybridized carbons (Fsp3) is 0.125. The Morgan fingerprint density at radius 2 is 1.47 bits per heavy atom. The molecule has 0 saturated carbocycles. The van der Waals surface area contributed by atoms with E-state index in [4.69, 9.17) is 0 Å². The number of hydrogen-bond donors (Lipinski definition) is 1. The van der Waals surface area contributed by atoms with Gasteiger partial charge in [0.1, 0.15) is 18.2 Å². The second kappa shape index (κ2) is 8.20. The maximum Gasteiger partial charge on any atom is 0.323 e. The van der Waals surface area contributed by atoms with Gasteiger partial charge in [-0.05, 0) is 79.1 Å². The lowest BCUT2D eigenvalue weighted by Gasteiger charge is -2.08. The molecule has 0 spiro atoms. The van der Waals surface area contributed by atoms with Crippen molar-refractivity contribution in [2.24, 2.45) is 0 Å². The van der Waals surface area contributed by atoms with Crippen molar-refractivity contribution in [3.63, 3.8) is 0 Å². The molecule has 8 heteroatoms. The molecule has 1 heterocycles. The fourth-order valence-corrected chi connectivity index (χ4v) is 5.09. The fourth-order valence-electron chi connectivity index (χ4n) is 3.83. The molecular weight excluding hydrogens is 436 g/mol. The van der Waals surface area contributed by atoms with Crippen LogP contribution in [0.3, 0.4) is 0 Å². The quantitative estimate of drug-likeness (QED) is 0.426. The van der Waals surface area contributed by atoms with Gasteiger partial charge < -0.3 is 9.67 Å². The molecule has 32 heavy (non-hydrogen) atoms. The smallest absolute Gasteiger partial charge is 0.323 e. The van der Waals surface area contributed by atoms with Crippen LogP contribution in [0.25, 0.3) is 10.9 Å². The van der Waals surface area contributed by atoms with Crippen molar-refractivity contribution in [2.45, 2.75) is 29.7 Å². The molecule has 0 radical (unpaired) electrons. The maximum atomic E-state index is 13.9. The summed E-state index contributed by atoms with van der Waals surface area (Å²) in [4.78, 5) is 11.4. The molecule has 1 N–H and O–H groups in total. The Kier molecular flexibility index (Phi) is 5.56. The SMILES string of the molecule is Cc1c(Cc2ccc(S(=O)(=O)c3ccc(F)cc3)cc2)c2cc(F)ccc2n1CC(=O)O. The molecule has 0 fully saturated rings. The number of carboxylic acids is 1. The van der Waals surface area contributed by atoms with Gasteiger partial charge in [0.05, 0.1) is 9.79 Å². The van der Waals surface area contributed by atoms with Gasteiger partial charge in [0, 0.05) is 16.6 Å². The summed E-state index contributed by atoms with van der Waals surface area (Å²) in [5.41, 5.74) is 2.88. The first kappa shape index (κ1) is 21.7. The van der Waals surface area contributed by atoms with Gasteiger partial charge in [0.2, 0.25) is 9.84 Å². The lowest BCUT2D eigenvalue weighted by atomic mass is 10.0. The number of benzene rings is 3. The average Bonchev–Trinajstić information content (AvgIpc) is 2.99. The molecule has 0 amide bonds.